The highest BCUT2D eigenvalue weighted by Gasteiger charge is 2.32. The predicted octanol–water partition coefficient (Wildman–Crippen LogP) is 3.88. The summed E-state index contributed by atoms with van der Waals surface area (Å²) in [5.41, 5.74) is 2.56. The van der Waals surface area contributed by atoms with Crippen molar-refractivity contribution in [3.63, 3.8) is 0 Å². The fraction of sp³-hybridized carbons (Fsp3) is 0.125. The maximum absolute atomic E-state index is 14.2. The van der Waals surface area contributed by atoms with Crippen LogP contribution in [0.4, 0.5) is 15.8 Å². The highest BCUT2D eigenvalue weighted by Crippen LogP contribution is 2.34. The second-order valence-electron chi connectivity index (χ2n) is 7.45. The average molecular weight is 416 g/mol. The smallest absolute Gasteiger partial charge is 0.339 e. The number of rotatable bonds is 2. The van der Waals surface area contributed by atoms with E-state index in [1.54, 1.807) is 18.2 Å². The van der Waals surface area contributed by atoms with Crippen molar-refractivity contribution in [2.75, 3.05) is 16.8 Å². The topological polar surface area (TPSA) is 75.7 Å². The van der Waals surface area contributed by atoms with Crippen LogP contribution in [0.1, 0.15) is 37.9 Å². The van der Waals surface area contributed by atoms with E-state index in [0.29, 0.717) is 28.8 Å². The first-order chi connectivity index (χ1) is 15.0. The third-order valence-electron chi connectivity index (χ3n) is 5.49. The molecule has 1 unspecified atom stereocenters. The monoisotopic (exact) mass is 416 g/mol. The number of amides is 2. The van der Waals surface area contributed by atoms with E-state index in [9.17, 15) is 18.8 Å². The van der Waals surface area contributed by atoms with Crippen molar-refractivity contribution in [2.24, 2.45) is 0 Å². The van der Waals surface area contributed by atoms with E-state index in [2.05, 4.69) is 5.32 Å². The Morgan fingerprint density at radius 1 is 1.03 bits per heavy atom. The first kappa shape index (κ1) is 19.0. The summed E-state index contributed by atoms with van der Waals surface area (Å²) in [4.78, 5) is 39.0. The molecule has 2 aliphatic rings. The van der Waals surface area contributed by atoms with Crippen molar-refractivity contribution in [3.8, 4) is 0 Å². The van der Waals surface area contributed by atoms with Gasteiger partial charge in [-0.3, -0.25) is 14.5 Å². The third kappa shape index (κ3) is 3.34. The summed E-state index contributed by atoms with van der Waals surface area (Å²) < 4.78 is 19.7. The number of carbonyl (C=O) groups excluding carboxylic acids is 3. The largest absolute Gasteiger partial charge is 0.454 e. The molecule has 1 atom stereocenters. The Labute approximate surface area is 177 Å². The van der Waals surface area contributed by atoms with Crippen LogP contribution in [-0.4, -0.2) is 24.3 Å². The van der Waals surface area contributed by atoms with Crippen LogP contribution in [0.3, 0.4) is 0 Å². The number of benzene rings is 3. The molecule has 2 heterocycles. The number of carbonyl (C=O) groups is 3. The Kier molecular flexibility index (Phi) is 4.51. The summed E-state index contributed by atoms with van der Waals surface area (Å²) in [5.74, 6) is -1.97. The van der Waals surface area contributed by atoms with E-state index < -0.39 is 29.7 Å². The molecule has 0 bridgehead atoms. The summed E-state index contributed by atoms with van der Waals surface area (Å²) in [6.07, 6.45) is -0.0140. The van der Waals surface area contributed by atoms with Gasteiger partial charge in [0.15, 0.2) is 0 Å². The van der Waals surface area contributed by atoms with Gasteiger partial charge >= 0.3 is 5.97 Å². The van der Waals surface area contributed by atoms with Crippen LogP contribution in [0.2, 0.25) is 0 Å². The van der Waals surface area contributed by atoms with E-state index >= 15 is 0 Å². The lowest BCUT2D eigenvalue weighted by atomic mass is 9.93. The molecule has 3 aromatic carbocycles. The molecule has 0 spiro atoms. The van der Waals surface area contributed by atoms with Crippen LogP contribution in [0.5, 0.6) is 0 Å². The molecule has 6 nitrogen and oxygen atoms in total. The summed E-state index contributed by atoms with van der Waals surface area (Å²) >= 11 is 0. The van der Waals surface area contributed by atoms with Crippen LogP contribution < -0.4 is 10.2 Å². The molecule has 0 radical (unpaired) electrons. The summed E-state index contributed by atoms with van der Waals surface area (Å²) in [5, 5.41) is 2.48. The van der Waals surface area contributed by atoms with Gasteiger partial charge in [-0.1, -0.05) is 36.4 Å². The van der Waals surface area contributed by atoms with Gasteiger partial charge in [0.1, 0.15) is 24.2 Å². The maximum atomic E-state index is 14.2. The molecule has 0 aliphatic carbocycles. The van der Waals surface area contributed by atoms with Crippen LogP contribution in [0.25, 0.3) is 0 Å². The lowest BCUT2D eigenvalue weighted by Gasteiger charge is -2.30. The highest BCUT2D eigenvalue weighted by atomic mass is 19.1. The van der Waals surface area contributed by atoms with Gasteiger partial charge in [0.2, 0.25) is 5.91 Å². The highest BCUT2D eigenvalue weighted by molar-refractivity contribution is 6.15. The molecule has 0 fully saturated rings. The molecule has 1 N–H and O–H groups in total. The number of halogens is 1. The van der Waals surface area contributed by atoms with E-state index in [4.69, 9.17) is 4.74 Å². The first-order valence-corrected chi connectivity index (χ1v) is 9.80. The lowest BCUT2D eigenvalue weighted by Crippen LogP contribution is -2.42. The molecule has 31 heavy (non-hydrogen) atoms. The fourth-order valence-corrected chi connectivity index (χ4v) is 3.99. The number of para-hydroxylation sites is 1. The van der Waals surface area contributed by atoms with Crippen LogP contribution in [-0.2, 0) is 16.0 Å². The first-order valence-electron chi connectivity index (χ1n) is 9.80. The Bertz CT molecular complexity index is 1230. The minimum absolute atomic E-state index is 0.0159. The fourth-order valence-electron chi connectivity index (χ4n) is 3.99. The van der Waals surface area contributed by atoms with Crippen LogP contribution in [0.15, 0.2) is 66.7 Å². The zero-order chi connectivity index (χ0) is 21.5. The lowest BCUT2D eigenvalue weighted by molar-refractivity contribution is -0.115. The Hall–Kier alpha value is -4.00. The zero-order valence-corrected chi connectivity index (χ0v) is 16.3. The molecular weight excluding hydrogens is 399 g/mol. The Morgan fingerprint density at radius 3 is 2.65 bits per heavy atom. The normalized spacial score (nSPS) is 17.3. The van der Waals surface area contributed by atoms with Crippen molar-refractivity contribution < 1.29 is 23.5 Å². The van der Waals surface area contributed by atoms with Crippen LogP contribution in [0, 0.1) is 5.82 Å². The van der Waals surface area contributed by atoms with Gasteiger partial charge in [-0.2, -0.15) is 0 Å². The Balaban J connectivity index is 1.49. The van der Waals surface area contributed by atoms with E-state index in [1.807, 2.05) is 30.3 Å². The van der Waals surface area contributed by atoms with Gasteiger partial charge < -0.3 is 10.1 Å². The number of nitrogens with one attached hydrogen (secondary N) is 1. The number of esters is 1. The predicted molar refractivity (Wildman–Crippen MR) is 111 cm³/mol. The molecule has 5 rings (SSSR count). The van der Waals surface area contributed by atoms with Gasteiger partial charge in [-0.15, -0.1) is 0 Å². The number of ether oxygens (including phenoxy) is 1. The molecule has 154 valence electrons. The number of anilines is 2. The molecule has 2 amide bonds. The number of hydrogen-bond acceptors (Lipinski definition) is 4. The van der Waals surface area contributed by atoms with Crippen molar-refractivity contribution in [1.82, 2.24) is 0 Å². The molecule has 7 heteroatoms. The quantitative estimate of drug-likeness (QED) is 0.644. The average Bonchev–Trinajstić information content (AvgIpc) is 2.79. The molecule has 3 aromatic rings. The van der Waals surface area contributed by atoms with E-state index in [1.165, 1.54) is 23.1 Å². The van der Waals surface area contributed by atoms with E-state index in [0.717, 1.165) is 5.56 Å². The van der Waals surface area contributed by atoms with Gasteiger partial charge in [-0.05, 0) is 41.5 Å². The van der Waals surface area contributed by atoms with Crippen molar-refractivity contribution in [2.45, 2.75) is 12.5 Å². The van der Waals surface area contributed by atoms with E-state index in [-0.39, 0.29) is 12.2 Å². The number of fused-ring (bicyclic) bond motifs is 2. The zero-order valence-electron chi connectivity index (χ0n) is 16.3. The van der Waals surface area contributed by atoms with Gasteiger partial charge in [0, 0.05) is 12.0 Å². The third-order valence-corrected chi connectivity index (χ3v) is 5.49. The number of hydrogen-bond donors (Lipinski definition) is 1. The van der Waals surface area contributed by atoms with Crippen molar-refractivity contribution in [1.29, 1.82) is 0 Å². The van der Waals surface area contributed by atoms with Crippen molar-refractivity contribution in [3.05, 3.63) is 94.8 Å². The van der Waals surface area contributed by atoms with Gasteiger partial charge in [-0.25, -0.2) is 9.18 Å². The standard InChI is InChI=1S/C24H17FN2O4/c25-18-7-4-8-19-22(18)26-21(28)13-27(19)23(29)15-9-10-17-16(11-15)12-20(31-24(17)30)14-5-2-1-3-6-14/h1-11,20H,12-13H2,(H,26,28). The summed E-state index contributed by atoms with van der Waals surface area (Å²) in [7, 11) is 0. The molecular formula is C24H17FN2O4. The van der Waals surface area contributed by atoms with Crippen LogP contribution >= 0.6 is 0 Å². The number of nitrogens with zero attached hydrogens (tertiary/aromatic N) is 1. The SMILES string of the molecule is O=C1CN(C(=O)c2ccc3c(c2)CC(c2ccccc2)OC3=O)c2cccc(F)c2N1. The van der Waals surface area contributed by atoms with Gasteiger partial charge in [0.05, 0.1) is 11.3 Å². The Morgan fingerprint density at radius 2 is 1.84 bits per heavy atom. The molecule has 2 aliphatic heterocycles. The second kappa shape index (κ2) is 7.36. The molecule has 0 aromatic heterocycles. The number of cyclic esters (lactones) is 1. The van der Waals surface area contributed by atoms with Gasteiger partial charge in [0.25, 0.3) is 5.91 Å². The summed E-state index contributed by atoms with van der Waals surface area (Å²) in [6, 6.07) is 18.4. The molecule has 0 saturated heterocycles. The molecule has 0 saturated carbocycles. The second-order valence-corrected chi connectivity index (χ2v) is 7.45. The summed E-state index contributed by atoms with van der Waals surface area (Å²) in [6.45, 7) is -0.221. The maximum Gasteiger partial charge on any atom is 0.339 e. The minimum atomic E-state index is -0.609. The minimum Gasteiger partial charge on any atom is -0.454 e. The van der Waals surface area contributed by atoms with Crippen molar-refractivity contribution >= 4 is 29.2 Å².